The minimum atomic E-state index is 0.709. The maximum atomic E-state index is 4.99. The Balaban J connectivity index is 1.72. The second-order valence-corrected chi connectivity index (χ2v) is 4.93. The Hall–Kier alpha value is -1.01. The largest absolute Gasteiger partial charge is 0.383 e. The molecule has 0 radical (unpaired) electrons. The van der Waals surface area contributed by atoms with E-state index >= 15 is 0 Å². The van der Waals surface area contributed by atoms with E-state index in [9.17, 15) is 0 Å². The molecule has 0 unspecified atom stereocenters. The number of tetrazole rings is 1. The maximum absolute atomic E-state index is 4.99. The molecule has 2 rings (SSSR count). The number of hydrogen-bond donors (Lipinski definition) is 1. The van der Waals surface area contributed by atoms with E-state index < -0.39 is 0 Å². The monoisotopic (exact) mass is 253 g/mol. The molecule has 1 heterocycles. The quantitative estimate of drug-likeness (QED) is 0.700. The summed E-state index contributed by atoms with van der Waals surface area (Å²) in [6, 6.07) is 0. The number of methoxy groups -OCH3 is 1. The number of rotatable bonds is 8. The van der Waals surface area contributed by atoms with Gasteiger partial charge < -0.3 is 10.1 Å². The summed E-state index contributed by atoms with van der Waals surface area (Å²) in [4.78, 5) is 0. The topological polar surface area (TPSA) is 64.9 Å². The van der Waals surface area contributed by atoms with Crippen molar-refractivity contribution in [3.8, 4) is 0 Å². The number of nitrogens with zero attached hydrogens (tertiary/aromatic N) is 4. The van der Waals surface area contributed by atoms with Crippen LogP contribution in [0.3, 0.4) is 0 Å². The lowest BCUT2D eigenvalue weighted by atomic mass is 10.0. The minimum Gasteiger partial charge on any atom is -0.383 e. The number of aromatic nitrogens is 4. The van der Waals surface area contributed by atoms with Crippen molar-refractivity contribution < 1.29 is 4.74 Å². The van der Waals surface area contributed by atoms with E-state index in [0.717, 1.165) is 24.8 Å². The number of ether oxygens (including phenoxy) is 1. The summed E-state index contributed by atoms with van der Waals surface area (Å²) >= 11 is 0. The first-order valence-corrected chi connectivity index (χ1v) is 6.85. The highest BCUT2D eigenvalue weighted by Gasteiger charge is 2.15. The van der Waals surface area contributed by atoms with Crippen molar-refractivity contribution in [2.75, 3.05) is 20.3 Å². The first-order chi connectivity index (χ1) is 8.90. The van der Waals surface area contributed by atoms with Crippen LogP contribution >= 0.6 is 0 Å². The molecule has 0 bridgehead atoms. The van der Waals surface area contributed by atoms with Crippen molar-refractivity contribution in [1.82, 2.24) is 25.5 Å². The highest BCUT2D eigenvalue weighted by atomic mass is 16.5. The van der Waals surface area contributed by atoms with Gasteiger partial charge in [-0.15, -0.1) is 5.10 Å². The van der Waals surface area contributed by atoms with Gasteiger partial charge in [0.15, 0.2) is 5.82 Å². The lowest BCUT2D eigenvalue weighted by Crippen LogP contribution is -2.21. The van der Waals surface area contributed by atoms with Crippen molar-refractivity contribution in [3.05, 3.63) is 5.82 Å². The third kappa shape index (κ3) is 4.03. The standard InChI is InChI=1S/C12H23N5O/c1-18-9-7-13-10-12-14-15-16-17(12)8-6-11-4-2-3-5-11/h11,13H,2-10H2,1H3. The number of hydrogen-bond acceptors (Lipinski definition) is 5. The van der Waals surface area contributed by atoms with E-state index in [1.807, 2.05) is 4.68 Å². The van der Waals surface area contributed by atoms with Crippen LogP contribution in [-0.2, 0) is 17.8 Å². The van der Waals surface area contributed by atoms with Crippen molar-refractivity contribution in [2.45, 2.75) is 45.2 Å². The lowest BCUT2D eigenvalue weighted by Gasteiger charge is -2.09. The molecular formula is C12H23N5O. The van der Waals surface area contributed by atoms with E-state index in [2.05, 4.69) is 20.8 Å². The Kier molecular flexibility index (Phi) is 5.54. The van der Waals surface area contributed by atoms with Crippen molar-refractivity contribution >= 4 is 0 Å². The normalized spacial score (nSPS) is 16.5. The van der Waals surface area contributed by atoms with E-state index in [4.69, 9.17) is 4.74 Å². The van der Waals surface area contributed by atoms with Crippen LogP contribution in [0.2, 0.25) is 0 Å². The molecule has 0 aliphatic heterocycles. The van der Waals surface area contributed by atoms with Crippen molar-refractivity contribution in [3.63, 3.8) is 0 Å². The molecule has 1 aromatic rings. The van der Waals surface area contributed by atoms with Gasteiger partial charge in [-0.25, -0.2) is 4.68 Å². The van der Waals surface area contributed by atoms with Crippen molar-refractivity contribution in [2.24, 2.45) is 5.92 Å². The Labute approximate surface area is 108 Å². The Morgan fingerprint density at radius 2 is 2.22 bits per heavy atom. The zero-order chi connectivity index (χ0) is 12.6. The molecule has 0 atom stereocenters. The summed E-state index contributed by atoms with van der Waals surface area (Å²) in [6.07, 6.45) is 6.75. The Morgan fingerprint density at radius 1 is 1.39 bits per heavy atom. The third-order valence-electron chi connectivity index (χ3n) is 3.60. The van der Waals surface area contributed by atoms with E-state index in [1.54, 1.807) is 7.11 Å². The van der Waals surface area contributed by atoms with E-state index in [1.165, 1.54) is 32.1 Å². The van der Waals surface area contributed by atoms with Gasteiger partial charge in [-0.1, -0.05) is 25.7 Å². The first kappa shape index (κ1) is 13.4. The molecule has 1 N–H and O–H groups in total. The average Bonchev–Trinajstić information content (AvgIpc) is 3.03. The smallest absolute Gasteiger partial charge is 0.165 e. The average molecular weight is 253 g/mol. The Morgan fingerprint density at radius 3 is 3.00 bits per heavy atom. The zero-order valence-electron chi connectivity index (χ0n) is 11.1. The molecule has 6 heteroatoms. The van der Waals surface area contributed by atoms with Crippen LogP contribution in [0.4, 0.5) is 0 Å². The number of nitrogens with one attached hydrogen (secondary N) is 1. The van der Waals surface area contributed by atoms with Gasteiger partial charge in [0.25, 0.3) is 0 Å². The predicted octanol–water partition coefficient (Wildman–Crippen LogP) is 0.989. The van der Waals surface area contributed by atoms with Crippen molar-refractivity contribution in [1.29, 1.82) is 0 Å². The highest BCUT2D eigenvalue weighted by Crippen LogP contribution is 2.27. The lowest BCUT2D eigenvalue weighted by molar-refractivity contribution is 0.198. The van der Waals surface area contributed by atoms with Crippen LogP contribution in [-0.4, -0.2) is 40.5 Å². The van der Waals surface area contributed by atoms with Crippen LogP contribution in [0, 0.1) is 5.92 Å². The molecule has 0 aromatic carbocycles. The summed E-state index contributed by atoms with van der Waals surface area (Å²) in [5, 5.41) is 15.1. The van der Waals surface area contributed by atoms with E-state index in [-0.39, 0.29) is 0 Å². The Bertz CT molecular complexity index is 335. The fourth-order valence-electron chi connectivity index (χ4n) is 2.50. The maximum Gasteiger partial charge on any atom is 0.165 e. The summed E-state index contributed by atoms with van der Waals surface area (Å²) in [6.45, 7) is 3.19. The fraction of sp³-hybridized carbons (Fsp3) is 0.917. The molecule has 1 saturated carbocycles. The van der Waals surface area contributed by atoms with Gasteiger partial charge in [0.05, 0.1) is 13.2 Å². The summed E-state index contributed by atoms with van der Waals surface area (Å²) in [5.74, 6) is 1.80. The second kappa shape index (κ2) is 7.43. The first-order valence-electron chi connectivity index (χ1n) is 6.85. The summed E-state index contributed by atoms with van der Waals surface area (Å²) in [5.41, 5.74) is 0. The van der Waals surface area contributed by atoms with Gasteiger partial charge in [0.2, 0.25) is 0 Å². The van der Waals surface area contributed by atoms with Gasteiger partial charge in [-0.05, 0) is 22.8 Å². The highest BCUT2D eigenvalue weighted by molar-refractivity contribution is 4.80. The molecule has 0 saturated heterocycles. The molecule has 1 aliphatic carbocycles. The molecule has 0 amide bonds. The molecular weight excluding hydrogens is 230 g/mol. The molecule has 1 fully saturated rings. The van der Waals surface area contributed by atoms with Gasteiger partial charge in [0.1, 0.15) is 0 Å². The molecule has 0 spiro atoms. The molecule has 1 aromatic heterocycles. The third-order valence-corrected chi connectivity index (χ3v) is 3.60. The SMILES string of the molecule is COCCNCc1nnnn1CCC1CCCC1. The van der Waals surface area contributed by atoms with Gasteiger partial charge in [-0.3, -0.25) is 0 Å². The van der Waals surface area contributed by atoms with E-state index in [0.29, 0.717) is 13.2 Å². The van der Waals surface area contributed by atoms with Gasteiger partial charge in [0, 0.05) is 20.2 Å². The second-order valence-electron chi connectivity index (χ2n) is 4.93. The summed E-state index contributed by atoms with van der Waals surface area (Å²) < 4.78 is 6.91. The fourth-order valence-corrected chi connectivity index (χ4v) is 2.50. The zero-order valence-corrected chi connectivity index (χ0v) is 11.1. The molecule has 18 heavy (non-hydrogen) atoms. The van der Waals surface area contributed by atoms with Gasteiger partial charge in [-0.2, -0.15) is 0 Å². The molecule has 102 valence electrons. The van der Waals surface area contributed by atoms with Crippen LogP contribution in [0.15, 0.2) is 0 Å². The summed E-state index contributed by atoms with van der Waals surface area (Å²) in [7, 11) is 1.70. The number of aryl methyl sites for hydroxylation is 1. The van der Waals surface area contributed by atoms with Gasteiger partial charge >= 0.3 is 0 Å². The van der Waals surface area contributed by atoms with Crippen LogP contribution in [0.1, 0.15) is 37.9 Å². The molecule has 1 aliphatic rings. The predicted molar refractivity (Wildman–Crippen MR) is 68.0 cm³/mol. The van der Waals surface area contributed by atoms with Crippen LogP contribution in [0.5, 0.6) is 0 Å². The van der Waals surface area contributed by atoms with Crippen LogP contribution < -0.4 is 5.32 Å². The molecule has 6 nitrogen and oxygen atoms in total. The van der Waals surface area contributed by atoms with Crippen LogP contribution in [0.25, 0.3) is 0 Å². The minimum absolute atomic E-state index is 0.709.